The maximum absolute atomic E-state index is 12.7. The molecule has 0 atom stereocenters. The van der Waals surface area contributed by atoms with Crippen LogP contribution < -0.4 is 5.73 Å². The number of anilines is 1. The molecule has 102 valence electrons. The van der Waals surface area contributed by atoms with Crippen molar-refractivity contribution < 1.29 is 18.3 Å². The van der Waals surface area contributed by atoms with Gasteiger partial charge in [0.1, 0.15) is 15.4 Å². The maximum atomic E-state index is 12.7. The molecule has 4 nitrogen and oxygen atoms in total. The second-order valence-corrected chi connectivity index (χ2v) is 4.91. The monoisotopic (exact) mass is 286 g/mol. The molecule has 2 rings (SSSR count). The van der Waals surface area contributed by atoms with Gasteiger partial charge in [0.25, 0.3) is 6.43 Å². The van der Waals surface area contributed by atoms with E-state index in [-0.39, 0.29) is 22.9 Å². The van der Waals surface area contributed by atoms with Crippen LogP contribution in [0.5, 0.6) is 0 Å². The number of hydrogen-bond donors (Lipinski definition) is 1. The van der Waals surface area contributed by atoms with Crippen molar-refractivity contribution in [3.8, 4) is 0 Å². The normalized spacial score (nSPS) is 11.2. The van der Waals surface area contributed by atoms with Crippen molar-refractivity contribution in [2.24, 2.45) is 0 Å². The van der Waals surface area contributed by atoms with Gasteiger partial charge in [0.05, 0.1) is 12.3 Å². The Bertz CT molecular complexity index is 640. The second kappa shape index (κ2) is 5.08. The van der Waals surface area contributed by atoms with E-state index in [0.29, 0.717) is 15.8 Å². The van der Waals surface area contributed by atoms with E-state index in [0.717, 1.165) is 11.3 Å². The van der Waals surface area contributed by atoms with Gasteiger partial charge in [0, 0.05) is 5.39 Å². The molecule has 2 aromatic rings. The van der Waals surface area contributed by atoms with Crippen LogP contribution in [0.2, 0.25) is 0 Å². The van der Waals surface area contributed by atoms with Crippen molar-refractivity contribution in [3.05, 3.63) is 22.2 Å². The zero-order chi connectivity index (χ0) is 14.2. The highest BCUT2D eigenvalue weighted by Crippen LogP contribution is 2.36. The Morgan fingerprint density at radius 3 is 2.84 bits per heavy atom. The number of halogens is 2. The number of rotatable bonds is 3. The summed E-state index contributed by atoms with van der Waals surface area (Å²) in [6.45, 7) is 3.56. The molecule has 0 saturated heterocycles. The predicted octanol–water partition coefficient (Wildman–Crippen LogP) is 3.30. The molecule has 0 unspecified atom stereocenters. The first kappa shape index (κ1) is 13.7. The molecule has 2 heterocycles. The number of nitrogen functional groups attached to an aromatic ring is 1. The lowest BCUT2D eigenvalue weighted by Crippen LogP contribution is -2.04. The summed E-state index contributed by atoms with van der Waals surface area (Å²) in [5.41, 5.74) is 6.38. The van der Waals surface area contributed by atoms with Crippen LogP contribution in [0.3, 0.4) is 0 Å². The second-order valence-electron chi connectivity index (χ2n) is 3.91. The number of carbonyl (C=O) groups excluding carboxylic acids is 1. The number of esters is 1. The van der Waals surface area contributed by atoms with Crippen molar-refractivity contribution in [2.75, 3.05) is 12.3 Å². The number of carbonyl (C=O) groups is 1. The molecule has 19 heavy (non-hydrogen) atoms. The molecule has 0 bridgehead atoms. The molecule has 0 aliphatic carbocycles. The number of nitrogens with zero attached hydrogens (tertiary/aromatic N) is 1. The third-order valence-corrected chi connectivity index (χ3v) is 3.68. The lowest BCUT2D eigenvalue weighted by molar-refractivity contribution is 0.0533. The average molecular weight is 286 g/mol. The Kier molecular flexibility index (Phi) is 3.66. The molecule has 0 aromatic carbocycles. The first-order valence-corrected chi connectivity index (χ1v) is 6.42. The fraction of sp³-hybridized carbons (Fsp3) is 0.333. The minimum absolute atomic E-state index is 0.207. The van der Waals surface area contributed by atoms with Gasteiger partial charge in [-0.3, -0.25) is 0 Å². The fourth-order valence-electron chi connectivity index (χ4n) is 1.79. The van der Waals surface area contributed by atoms with Crippen LogP contribution in [0.15, 0.2) is 6.07 Å². The summed E-state index contributed by atoms with van der Waals surface area (Å²) in [6, 6.07) is 1.28. The molecular weight excluding hydrogens is 274 g/mol. The molecule has 2 N–H and O–H groups in total. The van der Waals surface area contributed by atoms with Crippen LogP contribution in [-0.4, -0.2) is 17.6 Å². The van der Waals surface area contributed by atoms with Crippen molar-refractivity contribution in [3.63, 3.8) is 0 Å². The third kappa shape index (κ3) is 2.37. The minimum atomic E-state index is -2.66. The highest BCUT2D eigenvalue weighted by Gasteiger charge is 2.21. The number of aromatic nitrogens is 1. The van der Waals surface area contributed by atoms with Gasteiger partial charge >= 0.3 is 5.97 Å². The Morgan fingerprint density at radius 1 is 1.58 bits per heavy atom. The molecular formula is C12H12F2N2O2S. The molecule has 0 aliphatic heterocycles. The van der Waals surface area contributed by atoms with Gasteiger partial charge in [-0.05, 0) is 25.5 Å². The van der Waals surface area contributed by atoms with Gasteiger partial charge in [0.15, 0.2) is 0 Å². The Morgan fingerprint density at radius 2 is 2.26 bits per heavy atom. The maximum Gasteiger partial charge on any atom is 0.350 e. The van der Waals surface area contributed by atoms with Crippen molar-refractivity contribution in [1.82, 2.24) is 4.98 Å². The number of nitrogens with two attached hydrogens (primary N) is 1. The lowest BCUT2D eigenvalue weighted by Gasteiger charge is -2.03. The van der Waals surface area contributed by atoms with Crippen LogP contribution in [0.4, 0.5) is 14.5 Å². The van der Waals surface area contributed by atoms with E-state index in [2.05, 4.69) is 4.98 Å². The van der Waals surface area contributed by atoms with E-state index in [1.807, 2.05) is 0 Å². The van der Waals surface area contributed by atoms with Gasteiger partial charge in [0.2, 0.25) is 0 Å². The Hall–Kier alpha value is -1.76. The summed E-state index contributed by atoms with van der Waals surface area (Å²) in [7, 11) is 0. The quantitative estimate of drug-likeness (QED) is 0.879. The highest BCUT2D eigenvalue weighted by atomic mass is 32.1. The van der Waals surface area contributed by atoms with Crippen LogP contribution in [-0.2, 0) is 4.74 Å². The number of ether oxygens (including phenoxy) is 1. The van der Waals surface area contributed by atoms with Crippen molar-refractivity contribution >= 4 is 33.2 Å². The van der Waals surface area contributed by atoms with Gasteiger partial charge in [-0.2, -0.15) is 0 Å². The zero-order valence-corrected chi connectivity index (χ0v) is 11.2. The summed E-state index contributed by atoms with van der Waals surface area (Å²) >= 11 is 0.974. The molecule has 0 saturated carbocycles. The van der Waals surface area contributed by atoms with Crippen LogP contribution in [0, 0.1) is 6.92 Å². The number of pyridine rings is 1. The number of thiophene rings is 1. The van der Waals surface area contributed by atoms with Gasteiger partial charge < -0.3 is 10.5 Å². The summed E-state index contributed by atoms with van der Waals surface area (Å²) in [5.74, 6) is -0.555. The number of fused-ring (bicyclic) bond motifs is 1. The molecule has 0 amide bonds. The first-order valence-electron chi connectivity index (χ1n) is 5.60. The summed E-state index contributed by atoms with van der Waals surface area (Å²) in [5, 5.41) is 0.539. The third-order valence-electron chi connectivity index (χ3n) is 2.60. The Labute approximate surface area is 112 Å². The van der Waals surface area contributed by atoms with Crippen LogP contribution >= 0.6 is 11.3 Å². The Balaban J connectivity index is 2.62. The van der Waals surface area contributed by atoms with Crippen molar-refractivity contribution in [2.45, 2.75) is 20.3 Å². The number of alkyl halides is 2. The molecule has 7 heteroatoms. The smallest absolute Gasteiger partial charge is 0.350 e. The molecule has 0 spiro atoms. The van der Waals surface area contributed by atoms with Gasteiger partial charge in [-0.15, -0.1) is 11.3 Å². The van der Waals surface area contributed by atoms with Gasteiger partial charge in [-0.1, -0.05) is 0 Å². The number of aryl methyl sites for hydroxylation is 1. The van der Waals surface area contributed by atoms with E-state index < -0.39 is 12.4 Å². The van der Waals surface area contributed by atoms with Crippen LogP contribution in [0.1, 0.15) is 34.3 Å². The van der Waals surface area contributed by atoms with Crippen LogP contribution in [0.25, 0.3) is 10.2 Å². The molecule has 0 aliphatic rings. The van der Waals surface area contributed by atoms with Gasteiger partial charge in [-0.25, -0.2) is 18.6 Å². The standard InChI is InChI=1S/C12H12F2N2O2S/c1-3-18-12(17)9-8(15)7-5(2)4-6(10(13)14)16-11(7)19-9/h4,10H,3,15H2,1-2H3. The fourth-order valence-corrected chi connectivity index (χ4v) is 2.87. The first-order chi connectivity index (χ1) is 8.95. The minimum Gasteiger partial charge on any atom is -0.462 e. The predicted molar refractivity (Wildman–Crippen MR) is 69.7 cm³/mol. The highest BCUT2D eigenvalue weighted by molar-refractivity contribution is 7.21. The summed E-state index contributed by atoms with van der Waals surface area (Å²) in [6.07, 6.45) is -2.66. The largest absolute Gasteiger partial charge is 0.462 e. The molecule has 2 aromatic heterocycles. The molecule has 0 fully saturated rings. The summed E-state index contributed by atoms with van der Waals surface area (Å²) < 4.78 is 30.2. The van der Waals surface area contributed by atoms with Crippen molar-refractivity contribution in [1.29, 1.82) is 0 Å². The van der Waals surface area contributed by atoms with E-state index in [1.165, 1.54) is 6.07 Å². The van der Waals surface area contributed by atoms with E-state index in [4.69, 9.17) is 10.5 Å². The van der Waals surface area contributed by atoms with E-state index in [1.54, 1.807) is 13.8 Å². The zero-order valence-electron chi connectivity index (χ0n) is 10.4. The average Bonchev–Trinajstić information content (AvgIpc) is 2.67. The SMILES string of the molecule is CCOC(=O)c1sc2nc(C(F)F)cc(C)c2c1N. The summed E-state index contributed by atoms with van der Waals surface area (Å²) in [4.78, 5) is 16.1. The van der Waals surface area contributed by atoms with E-state index >= 15 is 0 Å². The number of hydrogen-bond acceptors (Lipinski definition) is 5. The lowest BCUT2D eigenvalue weighted by atomic mass is 10.1. The van der Waals surface area contributed by atoms with E-state index in [9.17, 15) is 13.6 Å². The molecule has 0 radical (unpaired) electrons. The topological polar surface area (TPSA) is 65.2 Å².